The number of anilines is 1. The molecular formula is C11H7F3N6. The van der Waals surface area contributed by atoms with Crippen LogP contribution in [0.3, 0.4) is 0 Å². The standard InChI is InChI=1S/C11H7F3N6/c12-11(13,14)6-2-1-3-7-9(6)18-19-20(7)8-4-5-16-10(15)17-8/h1-5H,(H2,15,16,17). The van der Waals surface area contributed by atoms with Crippen molar-refractivity contribution >= 4 is 17.0 Å². The van der Waals surface area contributed by atoms with Crippen LogP contribution in [0.25, 0.3) is 16.9 Å². The Morgan fingerprint density at radius 1 is 1.15 bits per heavy atom. The number of nitrogens with zero attached hydrogens (tertiary/aromatic N) is 5. The number of alkyl halides is 3. The summed E-state index contributed by atoms with van der Waals surface area (Å²) >= 11 is 0. The molecule has 0 bridgehead atoms. The van der Waals surface area contributed by atoms with E-state index in [0.717, 1.165) is 6.07 Å². The van der Waals surface area contributed by atoms with Crippen molar-refractivity contribution in [3.8, 4) is 5.82 Å². The van der Waals surface area contributed by atoms with Gasteiger partial charge in [0.25, 0.3) is 0 Å². The molecule has 0 amide bonds. The summed E-state index contributed by atoms with van der Waals surface area (Å²) in [4.78, 5) is 7.62. The van der Waals surface area contributed by atoms with Crippen molar-refractivity contribution in [3.05, 3.63) is 36.0 Å². The number of hydrogen-bond acceptors (Lipinski definition) is 5. The van der Waals surface area contributed by atoms with Crippen LogP contribution in [0.4, 0.5) is 19.1 Å². The van der Waals surface area contributed by atoms with Crippen molar-refractivity contribution in [2.75, 3.05) is 5.73 Å². The molecule has 0 radical (unpaired) electrons. The van der Waals surface area contributed by atoms with E-state index in [4.69, 9.17) is 5.73 Å². The van der Waals surface area contributed by atoms with Crippen LogP contribution in [0.15, 0.2) is 30.5 Å². The molecule has 0 aliphatic heterocycles. The van der Waals surface area contributed by atoms with Gasteiger partial charge in [-0.15, -0.1) is 5.10 Å². The monoisotopic (exact) mass is 280 g/mol. The fourth-order valence-electron chi connectivity index (χ4n) is 1.82. The van der Waals surface area contributed by atoms with Crippen LogP contribution in [-0.2, 0) is 6.18 Å². The normalized spacial score (nSPS) is 11.9. The highest BCUT2D eigenvalue weighted by molar-refractivity contribution is 5.79. The van der Waals surface area contributed by atoms with Gasteiger partial charge in [-0.3, -0.25) is 0 Å². The van der Waals surface area contributed by atoms with E-state index in [-0.39, 0.29) is 22.8 Å². The summed E-state index contributed by atoms with van der Waals surface area (Å²) in [6.07, 6.45) is -3.11. The molecule has 9 heteroatoms. The first kappa shape index (κ1) is 12.3. The third-order valence-electron chi connectivity index (χ3n) is 2.66. The molecule has 3 rings (SSSR count). The van der Waals surface area contributed by atoms with Gasteiger partial charge in [0.15, 0.2) is 5.82 Å². The second-order valence-electron chi connectivity index (χ2n) is 3.95. The van der Waals surface area contributed by atoms with Crippen LogP contribution in [0.2, 0.25) is 0 Å². The van der Waals surface area contributed by atoms with E-state index in [0.29, 0.717) is 0 Å². The number of halogens is 3. The molecule has 0 atom stereocenters. The minimum Gasteiger partial charge on any atom is -0.368 e. The molecule has 102 valence electrons. The average molecular weight is 280 g/mol. The van der Waals surface area contributed by atoms with Crippen LogP contribution in [0, 0.1) is 0 Å². The van der Waals surface area contributed by atoms with E-state index in [9.17, 15) is 13.2 Å². The van der Waals surface area contributed by atoms with Crippen LogP contribution >= 0.6 is 0 Å². The highest BCUT2D eigenvalue weighted by Gasteiger charge is 2.34. The second-order valence-corrected chi connectivity index (χ2v) is 3.95. The van der Waals surface area contributed by atoms with Gasteiger partial charge in [0.1, 0.15) is 5.52 Å². The SMILES string of the molecule is Nc1nccc(-n2nnc3c(C(F)(F)F)cccc32)n1. The largest absolute Gasteiger partial charge is 0.418 e. The molecule has 0 aliphatic carbocycles. The molecule has 0 unspecified atom stereocenters. The van der Waals surface area contributed by atoms with Crippen molar-refractivity contribution in [1.29, 1.82) is 0 Å². The van der Waals surface area contributed by atoms with Crippen molar-refractivity contribution in [1.82, 2.24) is 25.0 Å². The van der Waals surface area contributed by atoms with Gasteiger partial charge in [-0.1, -0.05) is 11.3 Å². The molecule has 0 saturated heterocycles. The number of rotatable bonds is 1. The van der Waals surface area contributed by atoms with Gasteiger partial charge in [-0.25, -0.2) is 4.98 Å². The Labute approximate surface area is 110 Å². The summed E-state index contributed by atoms with van der Waals surface area (Å²) in [6.45, 7) is 0. The van der Waals surface area contributed by atoms with Gasteiger partial charge in [-0.2, -0.15) is 22.8 Å². The zero-order valence-corrected chi connectivity index (χ0v) is 9.83. The molecular weight excluding hydrogens is 273 g/mol. The summed E-state index contributed by atoms with van der Waals surface area (Å²) in [7, 11) is 0. The Kier molecular flexibility index (Phi) is 2.56. The molecule has 0 fully saturated rings. The number of fused-ring (bicyclic) bond motifs is 1. The van der Waals surface area contributed by atoms with Crippen LogP contribution in [-0.4, -0.2) is 25.0 Å². The highest BCUT2D eigenvalue weighted by Crippen LogP contribution is 2.33. The maximum atomic E-state index is 12.9. The molecule has 0 spiro atoms. The number of hydrogen-bond donors (Lipinski definition) is 1. The van der Waals surface area contributed by atoms with E-state index in [1.54, 1.807) is 0 Å². The Hall–Kier alpha value is -2.71. The highest BCUT2D eigenvalue weighted by atomic mass is 19.4. The first-order chi connectivity index (χ1) is 9.47. The predicted octanol–water partition coefficient (Wildman–Crippen LogP) is 1.81. The lowest BCUT2D eigenvalue weighted by Crippen LogP contribution is -2.06. The topological polar surface area (TPSA) is 82.5 Å². The summed E-state index contributed by atoms with van der Waals surface area (Å²) in [5.74, 6) is 0.248. The average Bonchev–Trinajstić information content (AvgIpc) is 2.81. The summed E-state index contributed by atoms with van der Waals surface area (Å²) in [6, 6.07) is 5.19. The zero-order valence-electron chi connectivity index (χ0n) is 9.83. The van der Waals surface area contributed by atoms with Gasteiger partial charge >= 0.3 is 6.18 Å². The number of nitrogens with two attached hydrogens (primary N) is 1. The van der Waals surface area contributed by atoms with Crippen molar-refractivity contribution in [2.24, 2.45) is 0 Å². The quantitative estimate of drug-likeness (QED) is 0.735. The van der Waals surface area contributed by atoms with Crippen LogP contribution in [0.1, 0.15) is 5.56 Å². The number of nitrogen functional groups attached to an aromatic ring is 1. The van der Waals surface area contributed by atoms with Gasteiger partial charge in [0.05, 0.1) is 11.1 Å². The summed E-state index contributed by atoms with van der Waals surface area (Å²) in [5.41, 5.74) is 4.55. The third-order valence-corrected chi connectivity index (χ3v) is 2.66. The Balaban J connectivity index is 2.25. The smallest absolute Gasteiger partial charge is 0.368 e. The fourth-order valence-corrected chi connectivity index (χ4v) is 1.82. The molecule has 20 heavy (non-hydrogen) atoms. The zero-order chi connectivity index (χ0) is 14.3. The van der Waals surface area contributed by atoms with Crippen molar-refractivity contribution in [2.45, 2.75) is 6.18 Å². The molecule has 2 N–H and O–H groups in total. The minimum atomic E-state index is -4.49. The Morgan fingerprint density at radius 3 is 2.65 bits per heavy atom. The molecule has 3 aromatic rings. The molecule has 1 aromatic carbocycles. The molecule has 0 saturated carbocycles. The maximum Gasteiger partial charge on any atom is 0.418 e. The number of benzene rings is 1. The molecule has 2 aromatic heterocycles. The van der Waals surface area contributed by atoms with Gasteiger partial charge < -0.3 is 5.73 Å². The van der Waals surface area contributed by atoms with Crippen molar-refractivity contribution < 1.29 is 13.2 Å². The van der Waals surface area contributed by atoms with E-state index in [1.165, 1.54) is 29.1 Å². The molecule has 0 aliphatic rings. The number of aromatic nitrogens is 5. The van der Waals surface area contributed by atoms with Gasteiger partial charge in [0, 0.05) is 12.3 Å². The maximum absolute atomic E-state index is 12.9. The predicted molar refractivity (Wildman–Crippen MR) is 63.9 cm³/mol. The van der Waals surface area contributed by atoms with Crippen LogP contribution < -0.4 is 5.73 Å². The summed E-state index contributed by atoms with van der Waals surface area (Å²) < 4.78 is 39.8. The lowest BCUT2D eigenvalue weighted by molar-refractivity contribution is -0.136. The van der Waals surface area contributed by atoms with E-state index >= 15 is 0 Å². The Morgan fingerprint density at radius 2 is 1.95 bits per heavy atom. The van der Waals surface area contributed by atoms with E-state index in [2.05, 4.69) is 20.3 Å². The van der Waals surface area contributed by atoms with Gasteiger partial charge in [-0.05, 0) is 12.1 Å². The second kappa shape index (κ2) is 4.15. The first-order valence-electron chi connectivity index (χ1n) is 5.47. The van der Waals surface area contributed by atoms with E-state index < -0.39 is 11.7 Å². The minimum absolute atomic E-state index is 0.00174. The molecule has 2 heterocycles. The van der Waals surface area contributed by atoms with Gasteiger partial charge in [0.2, 0.25) is 5.95 Å². The molecule has 6 nitrogen and oxygen atoms in total. The van der Waals surface area contributed by atoms with E-state index in [1.807, 2.05) is 0 Å². The lowest BCUT2D eigenvalue weighted by Gasteiger charge is -2.06. The first-order valence-corrected chi connectivity index (χ1v) is 5.47. The lowest BCUT2D eigenvalue weighted by atomic mass is 10.2. The fraction of sp³-hybridized carbons (Fsp3) is 0.0909. The third kappa shape index (κ3) is 1.92. The Bertz CT molecular complexity index is 779. The van der Waals surface area contributed by atoms with Crippen LogP contribution in [0.5, 0.6) is 0 Å². The summed E-state index contributed by atoms with van der Waals surface area (Å²) in [5, 5.41) is 7.28. The van der Waals surface area contributed by atoms with Crippen molar-refractivity contribution in [3.63, 3.8) is 0 Å².